The molecule has 0 aliphatic rings. The number of nitrogens with zero attached hydrogens (tertiary/aromatic N) is 5. The zero-order chi connectivity index (χ0) is 24.2. The number of rotatable bonds is 5. The number of aryl methyl sites for hydroxylation is 1. The summed E-state index contributed by atoms with van der Waals surface area (Å²) in [6.07, 6.45) is 0. The molecule has 3 aromatic heterocycles. The molecule has 0 saturated heterocycles. The van der Waals surface area contributed by atoms with Gasteiger partial charge in [0.1, 0.15) is 16.9 Å². The minimum absolute atomic E-state index is 0.0112. The van der Waals surface area contributed by atoms with Crippen LogP contribution in [-0.4, -0.2) is 25.8 Å². The fourth-order valence-corrected chi connectivity index (χ4v) is 3.72. The molecule has 0 aliphatic heterocycles. The van der Waals surface area contributed by atoms with Crippen molar-refractivity contribution < 1.29 is 4.79 Å². The van der Waals surface area contributed by atoms with Crippen molar-refractivity contribution >= 4 is 23.3 Å². The van der Waals surface area contributed by atoms with Crippen LogP contribution >= 0.6 is 11.6 Å². The lowest BCUT2D eigenvalue weighted by atomic mass is 10.0. The number of nitrogen functional groups attached to an aromatic ring is 1. The molecule has 0 spiro atoms. The highest BCUT2D eigenvalue weighted by molar-refractivity contribution is 6.29. The Morgan fingerprint density at radius 1 is 1.00 bits per heavy atom. The van der Waals surface area contributed by atoms with Crippen molar-refractivity contribution in [1.29, 1.82) is 5.26 Å². The maximum absolute atomic E-state index is 13.1. The van der Waals surface area contributed by atoms with Crippen LogP contribution in [0.5, 0.6) is 0 Å². The fourth-order valence-electron chi connectivity index (χ4n) is 3.47. The number of nitrogens with one attached hydrogen (secondary N) is 1. The number of carbonyl (C=O) groups excluding carboxylic acids is 1. The number of amides is 1. The fraction of sp³-hybridized carbons (Fsp3) is 0.120. The summed E-state index contributed by atoms with van der Waals surface area (Å²) in [5, 5.41) is 12.2. The predicted octanol–water partition coefficient (Wildman–Crippen LogP) is 4.51. The van der Waals surface area contributed by atoms with Gasteiger partial charge in [-0.05, 0) is 38.1 Å². The van der Waals surface area contributed by atoms with E-state index in [-0.39, 0.29) is 17.2 Å². The minimum Gasteiger partial charge on any atom is -0.382 e. The van der Waals surface area contributed by atoms with Crippen LogP contribution in [-0.2, 0) is 0 Å². The zero-order valence-electron chi connectivity index (χ0n) is 18.5. The zero-order valence-corrected chi connectivity index (χ0v) is 19.2. The molecule has 8 nitrogen and oxygen atoms in total. The molecule has 1 aromatic carbocycles. The van der Waals surface area contributed by atoms with Gasteiger partial charge in [-0.1, -0.05) is 48.0 Å². The molecule has 9 heteroatoms. The van der Waals surface area contributed by atoms with Gasteiger partial charge in [-0.15, -0.1) is 0 Å². The first-order valence-corrected chi connectivity index (χ1v) is 10.8. The van der Waals surface area contributed by atoms with Crippen molar-refractivity contribution in [2.75, 3.05) is 5.73 Å². The molecule has 4 rings (SSSR count). The normalized spacial score (nSPS) is 11.5. The van der Waals surface area contributed by atoms with Crippen LogP contribution in [0.25, 0.3) is 22.5 Å². The lowest BCUT2D eigenvalue weighted by Gasteiger charge is -2.16. The second kappa shape index (κ2) is 9.65. The van der Waals surface area contributed by atoms with Gasteiger partial charge < -0.3 is 11.1 Å². The van der Waals surface area contributed by atoms with Gasteiger partial charge in [0.05, 0.1) is 23.1 Å². The van der Waals surface area contributed by atoms with E-state index >= 15 is 0 Å². The van der Waals surface area contributed by atoms with Crippen molar-refractivity contribution in [2.24, 2.45) is 0 Å². The highest BCUT2D eigenvalue weighted by atomic mass is 35.5. The van der Waals surface area contributed by atoms with Crippen LogP contribution in [0.2, 0.25) is 5.15 Å². The average molecular weight is 470 g/mol. The first-order chi connectivity index (χ1) is 16.4. The van der Waals surface area contributed by atoms with Gasteiger partial charge in [0.25, 0.3) is 5.91 Å². The second-order valence-electron chi connectivity index (χ2n) is 7.60. The molecule has 34 heavy (non-hydrogen) atoms. The van der Waals surface area contributed by atoms with Crippen LogP contribution in [0.4, 0.5) is 5.82 Å². The van der Waals surface area contributed by atoms with Crippen molar-refractivity contribution in [3.8, 4) is 28.6 Å². The lowest BCUT2D eigenvalue weighted by Crippen LogP contribution is -2.29. The van der Waals surface area contributed by atoms with Crippen LogP contribution < -0.4 is 11.1 Å². The molecule has 3 N–H and O–H groups in total. The van der Waals surface area contributed by atoms with Gasteiger partial charge in [-0.3, -0.25) is 4.79 Å². The molecule has 0 radical (unpaired) electrons. The molecule has 1 atom stereocenters. The quantitative estimate of drug-likeness (QED) is 0.411. The van der Waals surface area contributed by atoms with Gasteiger partial charge in [0, 0.05) is 16.8 Å². The van der Waals surface area contributed by atoms with E-state index in [1.54, 1.807) is 31.2 Å². The van der Waals surface area contributed by atoms with Gasteiger partial charge in [0.15, 0.2) is 11.5 Å². The van der Waals surface area contributed by atoms with E-state index in [4.69, 9.17) is 22.6 Å². The molecule has 1 unspecified atom stereocenters. The highest BCUT2D eigenvalue weighted by Crippen LogP contribution is 2.32. The number of pyridine rings is 2. The molecule has 0 aliphatic carbocycles. The van der Waals surface area contributed by atoms with Crippen LogP contribution in [0, 0.1) is 18.3 Å². The topological polar surface area (TPSA) is 130 Å². The van der Waals surface area contributed by atoms with Gasteiger partial charge in [-0.25, -0.2) is 19.9 Å². The van der Waals surface area contributed by atoms with E-state index in [0.717, 1.165) is 5.56 Å². The van der Waals surface area contributed by atoms with Gasteiger partial charge in [-0.2, -0.15) is 5.26 Å². The molecular weight excluding hydrogens is 450 g/mol. The summed E-state index contributed by atoms with van der Waals surface area (Å²) >= 11 is 6.20. The summed E-state index contributed by atoms with van der Waals surface area (Å²) in [6.45, 7) is 3.58. The highest BCUT2D eigenvalue weighted by Gasteiger charge is 2.22. The van der Waals surface area contributed by atoms with Crippen LogP contribution in [0.3, 0.4) is 0 Å². The number of aromatic nitrogens is 4. The minimum atomic E-state index is -0.514. The summed E-state index contributed by atoms with van der Waals surface area (Å²) in [6, 6.07) is 19.5. The molecule has 0 saturated carbocycles. The molecular formula is C25H20ClN7O. The van der Waals surface area contributed by atoms with Crippen molar-refractivity contribution in [2.45, 2.75) is 19.9 Å². The SMILES string of the molecule is Cc1cc(-c2nc(C(=O)NC(C)c3cccc(C#N)n3)c(N)nc2-c2ccccc2)cc(Cl)n1. The van der Waals surface area contributed by atoms with Crippen molar-refractivity contribution in [1.82, 2.24) is 25.3 Å². The van der Waals surface area contributed by atoms with E-state index in [9.17, 15) is 4.79 Å². The van der Waals surface area contributed by atoms with E-state index in [0.29, 0.717) is 33.5 Å². The van der Waals surface area contributed by atoms with Crippen molar-refractivity contribution in [3.05, 3.63) is 88.6 Å². The monoisotopic (exact) mass is 469 g/mol. The molecule has 168 valence electrons. The number of anilines is 1. The molecule has 0 fully saturated rings. The summed E-state index contributed by atoms with van der Waals surface area (Å²) in [7, 11) is 0. The Morgan fingerprint density at radius 2 is 1.74 bits per heavy atom. The smallest absolute Gasteiger partial charge is 0.274 e. The largest absolute Gasteiger partial charge is 0.382 e. The Balaban J connectivity index is 1.77. The van der Waals surface area contributed by atoms with E-state index in [2.05, 4.69) is 25.3 Å². The van der Waals surface area contributed by atoms with Gasteiger partial charge >= 0.3 is 0 Å². The standard InChI is InChI=1S/C25H20ClN7O/c1-14-11-17(12-20(26)29-14)22-21(16-7-4-3-5-8-16)33-24(28)23(32-22)25(34)30-15(2)19-10-6-9-18(13-27)31-19/h3-12,15H,1-2H3,(H2,28,33)(H,30,34). The van der Waals surface area contributed by atoms with Gasteiger partial charge in [0.2, 0.25) is 0 Å². The molecule has 1 amide bonds. The van der Waals surface area contributed by atoms with E-state index < -0.39 is 11.9 Å². The van der Waals surface area contributed by atoms with Crippen LogP contribution in [0.15, 0.2) is 60.7 Å². The number of nitriles is 1. The lowest BCUT2D eigenvalue weighted by molar-refractivity contribution is 0.0935. The molecule has 0 bridgehead atoms. The average Bonchev–Trinajstić information content (AvgIpc) is 2.83. The third-order valence-electron chi connectivity index (χ3n) is 5.06. The maximum atomic E-state index is 13.1. The Morgan fingerprint density at radius 3 is 2.44 bits per heavy atom. The number of hydrogen-bond donors (Lipinski definition) is 2. The molecule has 3 heterocycles. The third-order valence-corrected chi connectivity index (χ3v) is 5.25. The summed E-state index contributed by atoms with van der Waals surface area (Å²) in [4.78, 5) is 30.7. The number of hydrogen-bond acceptors (Lipinski definition) is 7. The summed E-state index contributed by atoms with van der Waals surface area (Å²) < 4.78 is 0. The Bertz CT molecular complexity index is 1400. The maximum Gasteiger partial charge on any atom is 0.274 e. The van der Waals surface area contributed by atoms with E-state index in [1.165, 1.54) is 0 Å². The number of carbonyl (C=O) groups is 1. The first-order valence-electron chi connectivity index (χ1n) is 10.4. The number of halogens is 1. The predicted molar refractivity (Wildman–Crippen MR) is 130 cm³/mol. The first kappa shape index (κ1) is 22.8. The summed E-state index contributed by atoms with van der Waals surface area (Å²) in [5.41, 5.74) is 10.1. The Hall–Kier alpha value is -4.35. The second-order valence-corrected chi connectivity index (χ2v) is 7.98. The van der Waals surface area contributed by atoms with E-state index in [1.807, 2.05) is 49.4 Å². The van der Waals surface area contributed by atoms with Crippen LogP contribution in [0.1, 0.15) is 40.5 Å². The number of benzene rings is 1. The Labute approximate surface area is 201 Å². The third kappa shape index (κ3) is 4.85. The van der Waals surface area contributed by atoms with Crippen molar-refractivity contribution in [3.63, 3.8) is 0 Å². The number of nitrogens with two attached hydrogens (primary N) is 1. The Kier molecular flexibility index (Phi) is 6.48. The summed E-state index contributed by atoms with van der Waals surface area (Å²) in [5.74, 6) is -0.526. The molecule has 4 aromatic rings.